The second kappa shape index (κ2) is 12.2. The molecule has 1 heterocycles. The van der Waals surface area contributed by atoms with Gasteiger partial charge in [0.2, 0.25) is 0 Å². The smallest absolute Gasteiger partial charge is 0.0878 e. The third-order valence-corrected chi connectivity index (χ3v) is 4.68. The molecule has 1 aromatic rings. The Labute approximate surface area is 158 Å². The van der Waals surface area contributed by atoms with Crippen LogP contribution in [-0.4, -0.2) is 6.21 Å². The molecule has 0 aliphatic heterocycles. The molecule has 1 rings (SSSR count). The molecule has 0 atom stereocenters. The number of rotatable bonds is 7. The molecular formula is C23H31NS. The van der Waals surface area contributed by atoms with E-state index >= 15 is 0 Å². The quantitative estimate of drug-likeness (QED) is 0.349. The van der Waals surface area contributed by atoms with Crippen LogP contribution in [0.3, 0.4) is 0 Å². The van der Waals surface area contributed by atoms with E-state index < -0.39 is 0 Å². The van der Waals surface area contributed by atoms with E-state index in [1.54, 1.807) is 29.7 Å². The predicted octanol–water partition coefficient (Wildman–Crippen LogP) is 7.88. The van der Waals surface area contributed by atoms with E-state index in [0.29, 0.717) is 0 Å². The minimum Gasteiger partial charge on any atom is -0.259 e. The first-order chi connectivity index (χ1) is 12.0. The summed E-state index contributed by atoms with van der Waals surface area (Å²) >= 11 is 1.74. The number of hydrogen-bond donors (Lipinski definition) is 0. The third kappa shape index (κ3) is 5.68. The minimum absolute atomic E-state index is 0.827. The Kier molecular flexibility index (Phi) is 11.1. The molecule has 1 aromatic heterocycles. The summed E-state index contributed by atoms with van der Waals surface area (Å²) in [4.78, 5) is 6.98. The molecule has 134 valence electrons. The molecular weight excluding hydrogens is 322 g/mol. The highest BCUT2D eigenvalue weighted by Gasteiger charge is 2.17. The molecule has 0 spiro atoms. The van der Waals surface area contributed by atoms with Crippen molar-refractivity contribution in [3.63, 3.8) is 0 Å². The fourth-order valence-electron chi connectivity index (χ4n) is 2.29. The molecule has 0 bridgehead atoms. The highest BCUT2D eigenvalue weighted by atomic mass is 32.1. The molecule has 0 aliphatic rings. The van der Waals surface area contributed by atoms with Crippen LogP contribution in [0.2, 0.25) is 0 Å². The molecule has 0 amide bonds. The Hall–Kier alpha value is -2.19. The highest BCUT2D eigenvalue weighted by Crippen LogP contribution is 2.38. The van der Waals surface area contributed by atoms with E-state index in [0.717, 1.165) is 21.7 Å². The number of thiophene rings is 1. The summed E-state index contributed by atoms with van der Waals surface area (Å²) in [5.41, 5.74) is 5.10. The molecule has 0 N–H and O–H groups in total. The van der Waals surface area contributed by atoms with Gasteiger partial charge in [0.15, 0.2) is 0 Å². The molecule has 1 nitrogen and oxygen atoms in total. The summed E-state index contributed by atoms with van der Waals surface area (Å²) in [6, 6.07) is 0. The second-order valence-corrected chi connectivity index (χ2v) is 5.97. The molecule has 25 heavy (non-hydrogen) atoms. The van der Waals surface area contributed by atoms with Crippen molar-refractivity contribution in [2.24, 2.45) is 4.99 Å². The highest BCUT2D eigenvalue weighted by molar-refractivity contribution is 7.14. The lowest BCUT2D eigenvalue weighted by atomic mass is 10.0. The van der Waals surface area contributed by atoms with Gasteiger partial charge in [-0.05, 0) is 50.5 Å². The lowest BCUT2D eigenvalue weighted by Gasteiger charge is -2.08. The number of hydrogen-bond acceptors (Lipinski definition) is 2. The van der Waals surface area contributed by atoms with Gasteiger partial charge in [-0.15, -0.1) is 11.3 Å². The lowest BCUT2D eigenvalue weighted by Crippen LogP contribution is -1.90. The maximum absolute atomic E-state index is 4.61. The first-order valence-corrected chi connectivity index (χ1v) is 9.43. The van der Waals surface area contributed by atoms with Crippen LogP contribution in [0.25, 0.3) is 17.8 Å². The van der Waals surface area contributed by atoms with Gasteiger partial charge in [0.05, 0.1) is 10.6 Å². The predicted molar refractivity (Wildman–Crippen MR) is 120 cm³/mol. The summed E-state index contributed by atoms with van der Waals surface area (Å²) < 4.78 is 0. The normalized spacial score (nSPS) is 12.2. The fraction of sp³-hybridized carbons (Fsp3) is 0.261. The maximum Gasteiger partial charge on any atom is 0.0878 e. The summed E-state index contributed by atoms with van der Waals surface area (Å²) in [7, 11) is 0. The van der Waals surface area contributed by atoms with Crippen LogP contribution in [-0.2, 0) is 0 Å². The van der Waals surface area contributed by atoms with Gasteiger partial charge in [-0.2, -0.15) is 0 Å². The summed E-state index contributed by atoms with van der Waals surface area (Å²) in [6.45, 7) is 23.9. The second-order valence-electron chi connectivity index (χ2n) is 4.92. The average molecular weight is 354 g/mol. The summed E-state index contributed by atoms with van der Waals surface area (Å²) in [6.07, 6.45) is 13.8. The van der Waals surface area contributed by atoms with Gasteiger partial charge in [-0.3, -0.25) is 4.99 Å². The van der Waals surface area contributed by atoms with E-state index in [4.69, 9.17) is 0 Å². The van der Waals surface area contributed by atoms with Crippen molar-refractivity contribution < 1.29 is 0 Å². The molecule has 0 saturated carbocycles. The zero-order valence-corrected chi connectivity index (χ0v) is 17.3. The molecule has 0 fully saturated rings. The van der Waals surface area contributed by atoms with Gasteiger partial charge in [0.1, 0.15) is 0 Å². The lowest BCUT2D eigenvalue weighted by molar-refractivity contribution is 1.42. The van der Waals surface area contributed by atoms with Gasteiger partial charge in [-0.1, -0.05) is 64.0 Å². The molecule has 0 aliphatic carbocycles. The Morgan fingerprint density at radius 3 is 2.04 bits per heavy atom. The zero-order valence-electron chi connectivity index (χ0n) is 16.5. The van der Waals surface area contributed by atoms with E-state index in [-0.39, 0.29) is 0 Å². The van der Waals surface area contributed by atoms with Crippen LogP contribution >= 0.6 is 11.3 Å². The molecule has 0 unspecified atom stereocenters. The Morgan fingerprint density at radius 1 is 1.00 bits per heavy atom. The number of nitrogens with zero attached hydrogens (tertiary/aromatic N) is 1. The monoisotopic (exact) mass is 353 g/mol. The van der Waals surface area contributed by atoms with Crippen molar-refractivity contribution in [1.82, 2.24) is 0 Å². The summed E-state index contributed by atoms with van der Waals surface area (Å²) in [5, 5.41) is 0. The van der Waals surface area contributed by atoms with Crippen LogP contribution in [0.1, 0.15) is 55.5 Å². The van der Waals surface area contributed by atoms with Crippen LogP contribution < -0.4 is 0 Å². The van der Waals surface area contributed by atoms with Gasteiger partial charge in [0, 0.05) is 16.7 Å². The maximum atomic E-state index is 4.61. The van der Waals surface area contributed by atoms with Gasteiger partial charge >= 0.3 is 0 Å². The Balaban J connectivity index is 0.00000277. The SMILES string of the molecule is C=CC(=C)/C(C=C)=C(\N=CC)c1sc(/C=C\C)c(/C=C\C)c1C.CC. The first kappa shape index (κ1) is 22.8. The van der Waals surface area contributed by atoms with Gasteiger partial charge in [-0.25, -0.2) is 0 Å². The molecule has 2 heteroatoms. The number of aliphatic imine (C=N–C) groups is 1. The van der Waals surface area contributed by atoms with Crippen LogP contribution in [0, 0.1) is 6.92 Å². The van der Waals surface area contributed by atoms with Crippen molar-refractivity contribution in [3.05, 3.63) is 76.1 Å². The summed E-state index contributed by atoms with van der Waals surface area (Å²) in [5.74, 6) is 0. The van der Waals surface area contributed by atoms with Crippen LogP contribution in [0.4, 0.5) is 0 Å². The molecule has 0 aromatic carbocycles. The van der Waals surface area contributed by atoms with Crippen molar-refractivity contribution in [1.29, 1.82) is 0 Å². The Morgan fingerprint density at radius 2 is 1.60 bits per heavy atom. The minimum atomic E-state index is 0.827. The van der Waals surface area contributed by atoms with E-state index in [1.165, 1.54) is 16.0 Å². The van der Waals surface area contributed by atoms with Crippen LogP contribution in [0.5, 0.6) is 0 Å². The largest absolute Gasteiger partial charge is 0.259 e. The van der Waals surface area contributed by atoms with E-state index in [9.17, 15) is 0 Å². The first-order valence-electron chi connectivity index (χ1n) is 8.61. The molecule has 0 saturated heterocycles. The Bertz CT molecular complexity index is 722. The zero-order chi connectivity index (χ0) is 19.4. The topological polar surface area (TPSA) is 12.4 Å². The fourth-order valence-corrected chi connectivity index (χ4v) is 3.57. The van der Waals surface area contributed by atoms with Crippen LogP contribution in [0.15, 0.2) is 60.2 Å². The van der Waals surface area contributed by atoms with Crippen molar-refractivity contribution >= 4 is 35.4 Å². The molecule has 0 radical (unpaired) electrons. The standard InChI is InChI=1S/C21H25NS.C2H6/c1-8-13-18-16(7)21(23-19(18)14-9-2)20(22-12-5)17(11-4)15(6)10-3;1-2/h8-14H,3-4,6H2,1-2,5,7H3;1-2H3/b13-8-,14-9-,20-17-,22-12?;. The third-order valence-electron chi connectivity index (χ3n) is 3.40. The van der Waals surface area contributed by atoms with E-state index in [2.05, 4.69) is 56.0 Å². The number of allylic oxidation sites excluding steroid dienone is 6. The van der Waals surface area contributed by atoms with Gasteiger partial charge in [0.25, 0.3) is 0 Å². The van der Waals surface area contributed by atoms with Crippen molar-refractivity contribution in [2.75, 3.05) is 0 Å². The van der Waals surface area contributed by atoms with Crippen molar-refractivity contribution in [2.45, 2.75) is 41.5 Å². The van der Waals surface area contributed by atoms with Gasteiger partial charge < -0.3 is 0 Å². The van der Waals surface area contributed by atoms with Crippen molar-refractivity contribution in [3.8, 4) is 0 Å². The average Bonchev–Trinajstić information content (AvgIpc) is 2.93. The van der Waals surface area contributed by atoms with E-state index in [1.807, 2.05) is 34.6 Å².